The Labute approximate surface area is 176 Å². The molecule has 2 atom stereocenters. The van der Waals surface area contributed by atoms with E-state index in [9.17, 15) is 18.3 Å². The van der Waals surface area contributed by atoms with Crippen molar-refractivity contribution in [2.75, 3.05) is 5.32 Å². The number of nitrogens with one attached hydrogen (secondary N) is 2. The Kier molecular flexibility index (Phi) is 6.66. The predicted octanol–water partition coefficient (Wildman–Crippen LogP) is 3.33. The summed E-state index contributed by atoms with van der Waals surface area (Å²) in [7, 11) is -3.99. The smallest absolute Gasteiger partial charge is 0.245 e. The number of aryl methyl sites for hydroxylation is 1. The van der Waals surface area contributed by atoms with Crippen LogP contribution in [0.25, 0.3) is 11.1 Å². The summed E-state index contributed by atoms with van der Waals surface area (Å²) >= 11 is 0. The van der Waals surface area contributed by atoms with E-state index in [0.717, 1.165) is 16.7 Å². The first-order valence-electron chi connectivity index (χ1n) is 9.50. The number of anilines is 1. The highest BCUT2D eigenvalue weighted by atomic mass is 32.2. The molecule has 30 heavy (non-hydrogen) atoms. The maximum Gasteiger partial charge on any atom is 0.245 e. The zero-order valence-corrected chi connectivity index (χ0v) is 17.6. The molecule has 0 radical (unpaired) electrons. The highest BCUT2D eigenvalue weighted by Gasteiger charge is 2.30. The van der Waals surface area contributed by atoms with E-state index >= 15 is 0 Å². The highest BCUT2D eigenvalue weighted by Crippen LogP contribution is 2.27. The topological polar surface area (TPSA) is 95.5 Å². The van der Waals surface area contributed by atoms with Crippen molar-refractivity contribution >= 4 is 21.6 Å². The van der Waals surface area contributed by atoms with Gasteiger partial charge < -0.3 is 10.4 Å². The quantitative estimate of drug-likeness (QED) is 0.542. The molecule has 2 unspecified atom stereocenters. The number of para-hydroxylation sites is 1. The molecule has 3 N–H and O–H groups in total. The number of rotatable bonds is 7. The van der Waals surface area contributed by atoms with Crippen molar-refractivity contribution in [2.24, 2.45) is 0 Å². The van der Waals surface area contributed by atoms with Gasteiger partial charge in [-0.1, -0.05) is 66.2 Å². The lowest BCUT2D eigenvalue weighted by molar-refractivity contribution is -0.119. The Morgan fingerprint density at radius 3 is 2.13 bits per heavy atom. The van der Waals surface area contributed by atoms with E-state index in [2.05, 4.69) is 10.0 Å². The average Bonchev–Trinajstić information content (AvgIpc) is 2.73. The fourth-order valence-electron chi connectivity index (χ4n) is 3.00. The van der Waals surface area contributed by atoms with Crippen molar-refractivity contribution < 1.29 is 18.3 Å². The zero-order valence-electron chi connectivity index (χ0n) is 16.7. The van der Waals surface area contributed by atoms with Crippen LogP contribution in [0.1, 0.15) is 12.5 Å². The SMILES string of the molecule is Cc1ccc(S(=O)(=O)NC(C(=O)Nc2ccccc2-c2ccccc2)C(C)O)cc1. The minimum absolute atomic E-state index is 0.0243. The molecule has 7 heteroatoms. The van der Waals surface area contributed by atoms with Crippen molar-refractivity contribution in [1.29, 1.82) is 0 Å². The Bertz CT molecular complexity index is 1110. The lowest BCUT2D eigenvalue weighted by atomic mass is 10.0. The van der Waals surface area contributed by atoms with Gasteiger partial charge in [0.05, 0.1) is 11.0 Å². The standard InChI is InChI=1S/C23H24N2O4S/c1-16-12-14-19(15-13-16)30(28,29)25-22(17(2)26)23(27)24-21-11-7-6-10-20(21)18-8-4-3-5-9-18/h3-15,17,22,25-26H,1-2H3,(H,24,27). The zero-order chi connectivity index (χ0) is 21.7. The maximum absolute atomic E-state index is 12.9. The first-order valence-corrected chi connectivity index (χ1v) is 11.0. The van der Waals surface area contributed by atoms with Crippen molar-refractivity contribution in [1.82, 2.24) is 4.72 Å². The summed E-state index contributed by atoms with van der Waals surface area (Å²) in [4.78, 5) is 12.9. The van der Waals surface area contributed by atoms with Gasteiger partial charge in [0.1, 0.15) is 6.04 Å². The molecule has 0 aliphatic heterocycles. The number of carbonyl (C=O) groups is 1. The summed E-state index contributed by atoms with van der Waals surface area (Å²) in [6.07, 6.45) is -1.24. The number of aliphatic hydroxyl groups is 1. The van der Waals surface area contributed by atoms with Crippen LogP contribution in [0.5, 0.6) is 0 Å². The first kappa shape index (κ1) is 21.7. The Morgan fingerprint density at radius 2 is 1.50 bits per heavy atom. The molecule has 0 saturated carbocycles. The summed E-state index contributed by atoms with van der Waals surface area (Å²) in [5, 5.41) is 12.9. The fraction of sp³-hybridized carbons (Fsp3) is 0.174. The number of benzene rings is 3. The second-order valence-electron chi connectivity index (χ2n) is 7.05. The summed E-state index contributed by atoms with van der Waals surface area (Å²) in [5.74, 6) is -0.649. The number of carbonyl (C=O) groups excluding carboxylic acids is 1. The van der Waals surface area contributed by atoms with Crippen molar-refractivity contribution in [3.63, 3.8) is 0 Å². The van der Waals surface area contributed by atoms with Crippen LogP contribution in [0.15, 0.2) is 83.8 Å². The predicted molar refractivity (Wildman–Crippen MR) is 117 cm³/mol. The fourth-order valence-corrected chi connectivity index (χ4v) is 4.26. The molecule has 0 aliphatic carbocycles. The molecule has 0 aliphatic rings. The highest BCUT2D eigenvalue weighted by molar-refractivity contribution is 7.89. The van der Waals surface area contributed by atoms with Gasteiger partial charge in [0, 0.05) is 11.3 Å². The molecule has 0 aromatic heterocycles. The molecule has 3 aromatic rings. The minimum Gasteiger partial charge on any atom is -0.391 e. The van der Waals surface area contributed by atoms with E-state index in [1.807, 2.05) is 49.4 Å². The lowest BCUT2D eigenvalue weighted by Gasteiger charge is -2.22. The molecule has 1 amide bonds. The van der Waals surface area contributed by atoms with Gasteiger partial charge in [-0.15, -0.1) is 0 Å². The van der Waals surface area contributed by atoms with Crippen molar-refractivity contribution in [3.8, 4) is 11.1 Å². The van der Waals surface area contributed by atoms with Crippen molar-refractivity contribution in [3.05, 3.63) is 84.4 Å². The molecule has 3 aromatic carbocycles. The Hall–Kier alpha value is -3.00. The second-order valence-corrected chi connectivity index (χ2v) is 8.77. The van der Waals surface area contributed by atoms with Crippen LogP contribution < -0.4 is 10.0 Å². The van der Waals surface area contributed by atoms with E-state index in [-0.39, 0.29) is 4.90 Å². The van der Waals surface area contributed by atoms with E-state index in [1.54, 1.807) is 24.3 Å². The maximum atomic E-state index is 12.9. The lowest BCUT2D eigenvalue weighted by Crippen LogP contribution is -2.50. The largest absolute Gasteiger partial charge is 0.391 e. The third kappa shape index (κ3) is 5.13. The molecular weight excluding hydrogens is 400 g/mol. The van der Waals surface area contributed by atoms with E-state index in [0.29, 0.717) is 5.69 Å². The van der Waals surface area contributed by atoms with Gasteiger partial charge in [-0.05, 0) is 37.6 Å². The Morgan fingerprint density at radius 1 is 0.900 bits per heavy atom. The molecule has 0 heterocycles. The average molecular weight is 425 g/mol. The van der Waals surface area contributed by atoms with Crippen LogP contribution in [0.3, 0.4) is 0 Å². The molecule has 0 saturated heterocycles. The summed E-state index contributed by atoms with van der Waals surface area (Å²) in [6.45, 7) is 3.21. The van der Waals surface area contributed by atoms with Crippen LogP contribution >= 0.6 is 0 Å². The van der Waals surface area contributed by atoms with Gasteiger partial charge in [0.25, 0.3) is 0 Å². The normalized spacial score (nSPS) is 13.4. The summed E-state index contributed by atoms with van der Waals surface area (Å²) in [5.41, 5.74) is 3.13. The van der Waals surface area contributed by atoms with Gasteiger partial charge in [-0.2, -0.15) is 4.72 Å². The van der Waals surface area contributed by atoms with Crippen LogP contribution in [-0.2, 0) is 14.8 Å². The third-order valence-electron chi connectivity index (χ3n) is 4.65. The van der Waals surface area contributed by atoms with Crippen molar-refractivity contribution in [2.45, 2.75) is 30.9 Å². The number of amides is 1. The molecular formula is C23H24N2O4S. The van der Waals surface area contributed by atoms with E-state index < -0.39 is 28.1 Å². The monoisotopic (exact) mass is 424 g/mol. The molecule has 6 nitrogen and oxygen atoms in total. The number of hydrogen-bond donors (Lipinski definition) is 3. The molecule has 0 fully saturated rings. The van der Waals surface area contributed by atoms with E-state index in [4.69, 9.17) is 0 Å². The van der Waals surface area contributed by atoms with Crippen LogP contribution in [0.2, 0.25) is 0 Å². The number of sulfonamides is 1. The van der Waals surface area contributed by atoms with E-state index in [1.165, 1.54) is 19.1 Å². The van der Waals surface area contributed by atoms with Crippen LogP contribution in [0.4, 0.5) is 5.69 Å². The van der Waals surface area contributed by atoms with Gasteiger partial charge >= 0.3 is 0 Å². The molecule has 0 bridgehead atoms. The second kappa shape index (κ2) is 9.21. The minimum atomic E-state index is -3.99. The van der Waals surface area contributed by atoms with Gasteiger partial charge in [0.15, 0.2) is 0 Å². The van der Waals surface area contributed by atoms with Crippen LogP contribution in [0, 0.1) is 6.92 Å². The Balaban J connectivity index is 1.85. The third-order valence-corrected chi connectivity index (χ3v) is 6.11. The summed E-state index contributed by atoms with van der Waals surface area (Å²) < 4.78 is 27.7. The summed E-state index contributed by atoms with van der Waals surface area (Å²) in [6, 6.07) is 21.6. The number of aliphatic hydroxyl groups excluding tert-OH is 1. The van der Waals surface area contributed by atoms with Gasteiger partial charge in [-0.25, -0.2) is 8.42 Å². The molecule has 3 rings (SSSR count). The molecule has 0 spiro atoms. The first-order chi connectivity index (χ1) is 14.3. The number of hydrogen-bond acceptors (Lipinski definition) is 4. The van der Waals surface area contributed by atoms with Gasteiger partial charge in [0.2, 0.25) is 15.9 Å². The van der Waals surface area contributed by atoms with Gasteiger partial charge in [-0.3, -0.25) is 4.79 Å². The van der Waals surface area contributed by atoms with Crippen LogP contribution in [-0.4, -0.2) is 31.6 Å². The molecule has 156 valence electrons.